The van der Waals surface area contributed by atoms with Gasteiger partial charge < -0.3 is 0 Å². The van der Waals surface area contributed by atoms with Crippen molar-refractivity contribution in [2.75, 3.05) is 0 Å². The molecule has 0 aliphatic carbocycles. The Morgan fingerprint density at radius 3 is 2.60 bits per heavy atom. The van der Waals surface area contributed by atoms with Crippen LogP contribution in [0.5, 0.6) is 0 Å². The largest absolute Gasteiger partial charge is 0.251 e. The normalized spacial score (nSPS) is 10.9. The summed E-state index contributed by atoms with van der Waals surface area (Å²) >= 11 is 1.67. The maximum atomic E-state index is 4.58. The molecule has 0 unspecified atom stereocenters. The molecule has 0 aliphatic rings. The van der Waals surface area contributed by atoms with E-state index in [2.05, 4.69) is 29.2 Å². The Balaban J connectivity index is 2.37. The zero-order chi connectivity index (χ0) is 10.8. The van der Waals surface area contributed by atoms with E-state index in [4.69, 9.17) is 0 Å². The van der Waals surface area contributed by atoms with Crippen LogP contribution < -0.4 is 0 Å². The lowest BCUT2D eigenvalue weighted by molar-refractivity contribution is 0.833. The highest BCUT2D eigenvalue weighted by Gasteiger charge is 2.08. The van der Waals surface area contributed by atoms with Gasteiger partial charge in [-0.25, -0.2) is 4.98 Å². The molecule has 2 nitrogen and oxygen atoms in total. The van der Waals surface area contributed by atoms with Crippen molar-refractivity contribution in [1.29, 1.82) is 0 Å². The summed E-state index contributed by atoms with van der Waals surface area (Å²) in [6, 6.07) is 6.03. The van der Waals surface area contributed by atoms with Gasteiger partial charge in [-0.15, -0.1) is 11.3 Å². The van der Waals surface area contributed by atoms with E-state index in [0.29, 0.717) is 5.92 Å². The number of aromatic nitrogens is 2. The van der Waals surface area contributed by atoms with Gasteiger partial charge in [-0.05, 0) is 25.0 Å². The van der Waals surface area contributed by atoms with Crippen molar-refractivity contribution in [2.24, 2.45) is 0 Å². The highest BCUT2D eigenvalue weighted by atomic mass is 32.1. The molecule has 0 aromatic carbocycles. The Morgan fingerprint density at radius 2 is 2.00 bits per heavy atom. The maximum Gasteiger partial charge on any atom is 0.142 e. The molecular weight excluding hydrogens is 204 g/mol. The van der Waals surface area contributed by atoms with Gasteiger partial charge in [0.25, 0.3) is 0 Å². The van der Waals surface area contributed by atoms with E-state index in [1.165, 1.54) is 0 Å². The highest BCUT2D eigenvalue weighted by Crippen LogP contribution is 2.25. The van der Waals surface area contributed by atoms with Crippen LogP contribution in [0.25, 0.3) is 10.7 Å². The number of hydrogen-bond acceptors (Lipinski definition) is 3. The Hall–Kier alpha value is -1.22. The topological polar surface area (TPSA) is 25.8 Å². The van der Waals surface area contributed by atoms with E-state index in [-0.39, 0.29) is 0 Å². The molecule has 78 valence electrons. The summed E-state index contributed by atoms with van der Waals surface area (Å²) in [6.45, 7) is 6.31. The lowest BCUT2D eigenvalue weighted by atomic mass is 10.2. The zero-order valence-corrected chi connectivity index (χ0v) is 10.0. The first-order valence-corrected chi connectivity index (χ1v) is 5.94. The quantitative estimate of drug-likeness (QED) is 0.769. The molecule has 0 saturated heterocycles. The molecule has 2 heterocycles. The van der Waals surface area contributed by atoms with E-state index in [1.54, 1.807) is 11.3 Å². The fourth-order valence-corrected chi connectivity index (χ4v) is 2.28. The van der Waals surface area contributed by atoms with Crippen LogP contribution in [0, 0.1) is 6.92 Å². The second-order valence-electron chi connectivity index (χ2n) is 3.90. The third-order valence-corrected chi connectivity index (χ3v) is 3.10. The first-order valence-electron chi connectivity index (χ1n) is 5.06. The van der Waals surface area contributed by atoms with Crippen LogP contribution >= 0.6 is 11.3 Å². The zero-order valence-electron chi connectivity index (χ0n) is 9.19. The Labute approximate surface area is 94.0 Å². The SMILES string of the molecule is Cc1cccc(-c2nc(C(C)C)cs2)n1. The second kappa shape index (κ2) is 4.11. The van der Waals surface area contributed by atoms with Crippen LogP contribution in [-0.4, -0.2) is 9.97 Å². The van der Waals surface area contributed by atoms with Crippen molar-refractivity contribution in [2.45, 2.75) is 26.7 Å². The van der Waals surface area contributed by atoms with Gasteiger partial charge in [-0.2, -0.15) is 0 Å². The van der Waals surface area contributed by atoms with Crippen molar-refractivity contribution >= 4 is 11.3 Å². The number of thiazole rings is 1. The molecule has 0 fully saturated rings. The molecule has 0 atom stereocenters. The number of aryl methyl sites for hydroxylation is 1. The minimum absolute atomic E-state index is 0.486. The van der Waals surface area contributed by atoms with Crippen LogP contribution in [-0.2, 0) is 0 Å². The predicted octanol–water partition coefficient (Wildman–Crippen LogP) is 3.64. The number of nitrogens with zero attached hydrogens (tertiary/aromatic N) is 2. The first kappa shape index (κ1) is 10.3. The van der Waals surface area contributed by atoms with Crippen molar-refractivity contribution in [3.8, 4) is 10.7 Å². The van der Waals surface area contributed by atoms with Gasteiger partial charge in [0.1, 0.15) is 5.01 Å². The summed E-state index contributed by atoms with van der Waals surface area (Å²) in [5.74, 6) is 0.486. The summed E-state index contributed by atoms with van der Waals surface area (Å²) in [4.78, 5) is 9.04. The lowest BCUT2D eigenvalue weighted by Gasteiger charge is -1.98. The van der Waals surface area contributed by atoms with E-state index in [9.17, 15) is 0 Å². The number of pyridine rings is 1. The van der Waals surface area contributed by atoms with E-state index in [0.717, 1.165) is 22.1 Å². The molecule has 0 amide bonds. The molecule has 2 aromatic rings. The Kier molecular flexibility index (Phi) is 2.82. The molecule has 3 heteroatoms. The fraction of sp³-hybridized carbons (Fsp3) is 0.333. The van der Waals surface area contributed by atoms with E-state index >= 15 is 0 Å². The monoisotopic (exact) mass is 218 g/mol. The van der Waals surface area contributed by atoms with Crippen molar-refractivity contribution in [3.63, 3.8) is 0 Å². The summed E-state index contributed by atoms with van der Waals surface area (Å²) in [5.41, 5.74) is 3.17. The third kappa shape index (κ3) is 2.23. The van der Waals surface area contributed by atoms with Crippen LogP contribution in [0.2, 0.25) is 0 Å². The molecule has 0 bridgehead atoms. The average molecular weight is 218 g/mol. The van der Waals surface area contributed by atoms with Gasteiger partial charge in [0.05, 0.1) is 11.4 Å². The number of rotatable bonds is 2. The Morgan fingerprint density at radius 1 is 1.20 bits per heavy atom. The van der Waals surface area contributed by atoms with Gasteiger partial charge in [-0.3, -0.25) is 4.98 Å². The predicted molar refractivity (Wildman–Crippen MR) is 64.2 cm³/mol. The second-order valence-corrected chi connectivity index (χ2v) is 4.75. The van der Waals surface area contributed by atoms with Crippen LogP contribution in [0.15, 0.2) is 23.6 Å². The first-order chi connectivity index (χ1) is 7.16. The molecule has 2 aromatic heterocycles. The van der Waals surface area contributed by atoms with E-state index in [1.807, 2.05) is 25.1 Å². The third-order valence-electron chi connectivity index (χ3n) is 2.22. The van der Waals surface area contributed by atoms with Crippen molar-refractivity contribution in [3.05, 3.63) is 35.0 Å². The summed E-state index contributed by atoms with van der Waals surface area (Å²) < 4.78 is 0. The van der Waals surface area contributed by atoms with E-state index < -0.39 is 0 Å². The molecule has 0 saturated carbocycles. The van der Waals surface area contributed by atoms with Crippen LogP contribution in [0.1, 0.15) is 31.2 Å². The standard InChI is InChI=1S/C12H14N2S/c1-8(2)11-7-15-12(14-11)10-6-4-5-9(3)13-10/h4-8H,1-3H3. The van der Waals surface area contributed by atoms with Gasteiger partial charge in [-0.1, -0.05) is 19.9 Å². The van der Waals surface area contributed by atoms with Gasteiger partial charge in [0.2, 0.25) is 0 Å². The highest BCUT2D eigenvalue weighted by molar-refractivity contribution is 7.13. The van der Waals surface area contributed by atoms with Crippen LogP contribution in [0.4, 0.5) is 0 Å². The molecule has 0 aliphatic heterocycles. The van der Waals surface area contributed by atoms with Crippen LogP contribution in [0.3, 0.4) is 0 Å². The van der Waals surface area contributed by atoms with Crippen molar-refractivity contribution < 1.29 is 0 Å². The summed E-state index contributed by atoms with van der Waals surface area (Å²) in [6.07, 6.45) is 0. The summed E-state index contributed by atoms with van der Waals surface area (Å²) in [5, 5.41) is 3.13. The maximum absolute atomic E-state index is 4.58. The molecular formula is C12H14N2S. The van der Waals surface area contributed by atoms with Gasteiger partial charge >= 0.3 is 0 Å². The van der Waals surface area contributed by atoms with Gasteiger partial charge in [0, 0.05) is 11.1 Å². The fourth-order valence-electron chi connectivity index (χ4n) is 1.33. The molecule has 0 radical (unpaired) electrons. The summed E-state index contributed by atoms with van der Waals surface area (Å²) in [7, 11) is 0. The molecule has 2 rings (SSSR count). The lowest BCUT2D eigenvalue weighted by Crippen LogP contribution is -1.89. The molecule has 15 heavy (non-hydrogen) atoms. The molecule has 0 N–H and O–H groups in total. The minimum Gasteiger partial charge on any atom is -0.251 e. The smallest absolute Gasteiger partial charge is 0.142 e. The minimum atomic E-state index is 0.486. The molecule has 0 spiro atoms. The Bertz CT molecular complexity index is 460. The van der Waals surface area contributed by atoms with Crippen molar-refractivity contribution in [1.82, 2.24) is 9.97 Å². The average Bonchev–Trinajstić information content (AvgIpc) is 2.66. The number of hydrogen-bond donors (Lipinski definition) is 0. The van der Waals surface area contributed by atoms with Gasteiger partial charge in [0.15, 0.2) is 0 Å².